The molecule has 0 amide bonds. The molecule has 0 spiro atoms. The summed E-state index contributed by atoms with van der Waals surface area (Å²) in [7, 11) is 1.68. The van der Waals surface area contributed by atoms with Gasteiger partial charge in [0.2, 0.25) is 0 Å². The van der Waals surface area contributed by atoms with Gasteiger partial charge in [-0.2, -0.15) is 13.2 Å². The average Bonchev–Trinajstić information content (AvgIpc) is 2.79. The van der Waals surface area contributed by atoms with Gasteiger partial charge in [-0.25, -0.2) is 9.79 Å². The van der Waals surface area contributed by atoms with Crippen molar-refractivity contribution in [3.05, 3.63) is 83.9 Å². The second-order valence-corrected chi connectivity index (χ2v) is 7.36. The van der Waals surface area contributed by atoms with Crippen molar-refractivity contribution in [2.24, 2.45) is 10.7 Å². The van der Waals surface area contributed by atoms with Crippen LogP contribution in [0.25, 0.3) is 11.1 Å². The highest BCUT2D eigenvalue weighted by atomic mass is 19.4. The molecule has 0 saturated carbocycles. The number of nitrogens with zero attached hydrogens (tertiary/aromatic N) is 1. The molecular weight excluding hydrogens is 435 g/mol. The number of nitrogens with one attached hydrogen (secondary N) is 1. The second-order valence-electron chi connectivity index (χ2n) is 7.36. The molecule has 0 aliphatic carbocycles. The van der Waals surface area contributed by atoms with Crippen LogP contribution in [0.5, 0.6) is 5.75 Å². The molecule has 0 saturated heterocycles. The largest absolute Gasteiger partial charge is 0.497 e. The van der Waals surface area contributed by atoms with Crippen molar-refractivity contribution in [3.8, 4) is 16.9 Å². The van der Waals surface area contributed by atoms with Crippen LogP contribution in [0, 0.1) is 0 Å². The summed E-state index contributed by atoms with van der Waals surface area (Å²) >= 11 is 0. The highest BCUT2D eigenvalue weighted by molar-refractivity contribution is 6.04. The first kappa shape index (κ1) is 23.6. The number of aliphatic carboxylic acids is 1. The van der Waals surface area contributed by atoms with Crippen molar-refractivity contribution < 1.29 is 27.8 Å². The van der Waals surface area contributed by atoms with Crippen LogP contribution in [0.1, 0.15) is 18.1 Å². The van der Waals surface area contributed by atoms with Crippen LogP contribution in [0.2, 0.25) is 0 Å². The number of halogens is 3. The smallest absolute Gasteiger partial charge is 0.490 e. The average molecular weight is 457 g/mol. The summed E-state index contributed by atoms with van der Waals surface area (Å²) in [6, 6.07) is 24.4. The van der Waals surface area contributed by atoms with Gasteiger partial charge in [-0.3, -0.25) is 0 Å². The lowest BCUT2D eigenvalue weighted by molar-refractivity contribution is -0.192. The molecule has 1 unspecified atom stereocenters. The summed E-state index contributed by atoms with van der Waals surface area (Å²) in [5, 5.41) is 10.7. The molecule has 0 radical (unpaired) electrons. The molecule has 1 atom stereocenters. The van der Waals surface area contributed by atoms with Gasteiger partial charge in [0.25, 0.3) is 0 Å². The summed E-state index contributed by atoms with van der Waals surface area (Å²) in [5.41, 5.74) is 10.8. The van der Waals surface area contributed by atoms with Crippen LogP contribution in [0.3, 0.4) is 0 Å². The Morgan fingerprint density at radius 1 is 1.03 bits per heavy atom. The fraction of sp³-hybridized carbons (Fsp3) is 0.167. The van der Waals surface area contributed by atoms with E-state index in [2.05, 4.69) is 29.6 Å². The number of anilines is 1. The lowest BCUT2D eigenvalue weighted by Crippen LogP contribution is -2.37. The van der Waals surface area contributed by atoms with E-state index in [0.717, 1.165) is 33.7 Å². The predicted octanol–water partition coefficient (Wildman–Crippen LogP) is 5.00. The third-order valence-corrected chi connectivity index (χ3v) is 5.00. The third kappa shape index (κ3) is 5.43. The van der Waals surface area contributed by atoms with Gasteiger partial charge in [-0.15, -0.1) is 0 Å². The minimum Gasteiger partial charge on any atom is -0.497 e. The summed E-state index contributed by atoms with van der Waals surface area (Å²) in [6.07, 6.45) is -5.08. The predicted molar refractivity (Wildman–Crippen MR) is 120 cm³/mol. The van der Waals surface area contributed by atoms with Crippen molar-refractivity contribution in [1.82, 2.24) is 0 Å². The van der Waals surface area contributed by atoms with E-state index in [1.807, 2.05) is 55.5 Å². The number of fused-ring (bicyclic) bond motifs is 1. The minimum atomic E-state index is -5.08. The number of aliphatic imine (C=N–C) groups is 1. The molecule has 4 rings (SSSR count). The van der Waals surface area contributed by atoms with E-state index in [0.29, 0.717) is 5.84 Å². The van der Waals surface area contributed by atoms with Crippen LogP contribution in [-0.2, 0) is 10.5 Å². The van der Waals surface area contributed by atoms with Crippen molar-refractivity contribution >= 4 is 17.5 Å². The zero-order valence-electron chi connectivity index (χ0n) is 17.9. The van der Waals surface area contributed by atoms with E-state index in [1.54, 1.807) is 7.11 Å². The molecule has 3 aromatic carbocycles. The Labute approximate surface area is 188 Å². The Morgan fingerprint density at radius 3 is 2.27 bits per heavy atom. The number of hydrogen-bond acceptors (Lipinski definition) is 5. The Kier molecular flexibility index (Phi) is 6.62. The molecular formula is C24H22F3N3O3. The molecule has 3 aromatic rings. The Bertz CT molecular complexity index is 1190. The Balaban J connectivity index is 0.000000383. The van der Waals surface area contributed by atoms with E-state index in [1.165, 1.54) is 0 Å². The number of rotatable bonds is 3. The number of carboxylic acid groups (broad SMARTS) is 1. The van der Waals surface area contributed by atoms with Crippen LogP contribution in [0.15, 0.2) is 77.8 Å². The van der Waals surface area contributed by atoms with Gasteiger partial charge in [-0.05, 0) is 53.9 Å². The van der Waals surface area contributed by atoms with Gasteiger partial charge < -0.3 is 20.9 Å². The SMILES string of the molecule is COc1cccc(-c2cccc(C3(C)N=C(N)c4ccccc4N3)c2)c1.O=C(O)C(F)(F)F. The summed E-state index contributed by atoms with van der Waals surface area (Å²) in [4.78, 5) is 13.6. The second kappa shape index (κ2) is 9.23. The van der Waals surface area contributed by atoms with E-state index < -0.39 is 17.8 Å². The molecule has 1 aliphatic heterocycles. The van der Waals surface area contributed by atoms with E-state index in [4.69, 9.17) is 25.4 Å². The number of para-hydroxylation sites is 1. The maximum Gasteiger partial charge on any atom is 0.490 e. The summed E-state index contributed by atoms with van der Waals surface area (Å²) in [5.74, 6) is -1.37. The number of amidine groups is 1. The standard InChI is InChI=1S/C22H21N3O.C2HF3O2/c1-22(24-20-12-4-3-11-19(20)21(23)25-22)17-9-5-7-15(13-17)16-8-6-10-18(14-16)26-2;3-2(4,5)1(6)7/h3-14,24H,1-2H3,(H2,23,25);(H,6,7). The number of carboxylic acids is 1. The van der Waals surface area contributed by atoms with Crippen molar-refractivity contribution in [2.45, 2.75) is 18.8 Å². The molecule has 1 aliphatic rings. The monoisotopic (exact) mass is 457 g/mol. The zero-order valence-corrected chi connectivity index (χ0v) is 17.9. The quantitative estimate of drug-likeness (QED) is 0.514. The Morgan fingerprint density at radius 2 is 1.64 bits per heavy atom. The van der Waals surface area contributed by atoms with E-state index >= 15 is 0 Å². The van der Waals surface area contributed by atoms with Gasteiger partial charge in [0.1, 0.15) is 11.6 Å². The highest BCUT2D eigenvalue weighted by Gasteiger charge is 2.38. The Hall–Kier alpha value is -4.01. The van der Waals surface area contributed by atoms with E-state index in [9.17, 15) is 13.2 Å². The van der Waals surface area contributed by atoms with Crippen LogP contribution < -0.4 is 15.8 Å². The summed E-state index contributed by atoms with van der Waals surface area (Å²) in [6.45, 7) is 2.04. The van der Waals surface area contributed by atoms with Crippen LogP contribution in [-0.4, -0.2) is 30.2 Å². The fourth-order valence-electron chi connectivity index (χ4n) is 3.35. The van der Waals surface area contributed by atoms with Gasteiger partial charge in [0.05, 0.1) is 7.11 Å². The molecule has 1 heterocycles. The molecule has 0 bridgehead atoms. The normalized spacial score (nSPS) is 16.9. The highest BCUT2D eigenvalue weighted by Crippen LogP contribution is 2.35. The topological polar surface area (TPSA) is 96.9 Å². The molecule has 0 fully saturated rings. The summed E-state index contributed by atoms with van der Waals surface area (Å²) < 4.78 is 37.1. The van der Waals surface area contributed by atoms with Crippen LogP contribution >= 0.6 is 0 Å². The van der Waals surface area contributed by atoms with Crippen molar-refractivity contribution in [2.75, 3.05) is 12.4 Å². The third-order valence-electron chi connectivity index (χ3n) is 5.00. The molecule has 9 heteroatoms. The fourth-order valence-corrected chi connectivity index (χ4v) is 3.35. The molecule has 172 valence electrons. The number of benzene rings is 3. The lowest BCUT2D eigenvalue weighted by Gasteiger charge is -2.34. The first-order chi connectivity index (χ1) is 15.5. The first-order valence-electron chi connectivity index (χ1n) is 9.81. The molecule has 6 nitrogen and oxygen atoms in total. The van der Waals surface area contributed by atoms with Gasteiger partial charge in [0.15, 0.2) is 5.66 Å². The number of hydrogen-bond donors (Lipinski definition) is 3. The van der Waals surface area contributed by atoms with Crippen LogP contribution in [0.4, 0.5) is 18.9 Å². The number of methoxy groups -OCH3 is 1. The maximum absolute atomic E-state index is 10.6. The number of alkyl halides is 3. The zero-order chi connectivity index (χ0) is 24.2. The van der Waals surface area contributed by atoms with E-state index in [-0.39, 0.29) is 0 Å². The van der Waals surface area contributed by atoms with Gasteiger partial charge in [-0.1, -0.05) is 42.5 Å². The molecule has 0 aromatic heterocycles. The number of nitrogens with two attached hydrogens (primary N) is 1. The van der Waals surface area contributed by atoms with Gasteiger partial charge in [0, 0.05) is 11.3 Å². The first-order valence-corrected chi connectivity index (χ1v) is 9.81. The molecule has 4 N–H and O–H groups in total. The molecule has 33 heavy (non-hydrogen) atoms. The number of carbonyl (C=O) groups is 1. The van der Waals surface area contributed by atoms with Crippen molar-refractivity contribution in [3.63, 3.8) is 0 Å². The number of ether oxygens (including phenoxy) is 1. The minimum absolute atomic E-state index is 0.550. The van der Waals surface area contributed by atoms with Gasteiger partial charge >= 0.3 is 12.1 Å². The lowest BCUT2D eigenvalue weighted by atomic mass is 9.94. The maximum atomic E-state index is 10.6. The van der Waals surface area contributed by atoms with Crippen molar-refractivity contribution in [1.29, 1.82) is 0 Å².